The van der Waals surface area contributed by atoms with Crippen LogP contribution in [-0.4, -0.2) is 17.5 Å². The standard InChI is InChI=1S/C16H24N2/c1-11(2)15(10-17)18(3)16-7-12-4-13(8-16)6-14(5-12)9-16/h12-14H,4-9H2,1-3H3. The zero-order valence-electron chi connectivity index (χ0n) is 11.9. The van der Waals surface area contributed by atoms with Crippen LogP contribution in [0, 0.1) is 29.1 Å². The van der Waals surface area contributed by atoms with Gasteiger partial charge >= 0.3 is 0 Å². The highest BCUT2D eigenvalue weighted by molar-refractivity contribution is 5.27. The van der Waals surface area contributed by atoms with Crippen LogP contribution in [0.3, 0.4) is 0 Å². The molecule has 0 aromatic rings. The number of hydrogen-bond donors (Lipinski definition) is 0. The zero-order valence-corrected chi connectivity index (χ0v) is 11.9. The minimum Gasteiger partial charge on any atom is -0.360 e. The first-order valence-corrected chi connectivity index (χ1v) is 7.35. The van der Waals surface area contributed by atoms with Gasteiger partial charge in [-0.1, -0.05) is 0 Å². The van der Waals surface area contributed by atoms with Gasteiger partial charge in [0.15, 0.2) is 0 Å². The van der Waals surface area contributed by atoms with Crippen LogP contribution >= 0.6 is 0 Å². The quantitative estimate of drug-likeness (QED) is 0.692. The van der Waals surface area contributed by atoms with Crippen molar-refractivity contribution in [1.29, 1.82) is 5.26 Å². The Morgan fingerprint density at radius 1 is 1.06 bits per heavy atom. The molecule has 0 radical (unpaired) electrons. The van der Waals surface area contributed by atoms with Crippen LogP contribution in [0.1, 0.15) is 52.4 Å². The molecule has 4 bridgehead atoms. The zero-order chi connectivity index (χ0) is 12.9. The summed E-state index contributed by atoms with van der Waals surface area (Å²) in [7, 11) is 2.17. The van der Waals surface area contributed by atoms with Crippen molar-refractivity contribution in [3.8, 4) is 6.07 Å². The number of hydrogen-bond acceptors (Lipinski definition) is 2. The van der Waals surface area contributed by atoms with Crippen LogP contribution < -0.4 is 0 Å². The fraction of sp³-hybridized carbons (Fsp3) is 0.812. The molecule has 0 aromatic carbocycles. The average Bonchev–Trinajstić information content (AvgIpc) is 2.27. The van der Waals surface area contributed by atoms with E-state index >= 15 is 0 Å². The Morgan fingerprint density at radius 3 is 1.83 bits per heavy atom. The molecular formula is C16H24N2. The van der Waals surface area contributed by atoms with Crippen molar-refractivity contribution in [2.24, 2.45) is 17.8 Å². The molecule has 4 saturated carbocycles. The molecule has 0 aliphatic heterocycles. The third-order valence-corrected chi connectivity index (χ3v) is 5.63. The molecule has 18 heavy (non-hydrogen) atoms. The molecule has 2 nitrogen and oxygen atoms in total. The number of allylic oxidation sites excluding steroid dienone is 2. The van der Waals surface area contributed by atoms with Gasteiger partial charge in [-0.15, -0.1) is 0 Å². The molecule has 98 valence electrons. The molecule has 0 N–H and O–H groups in total. The molecule has 4 fully saturated rings. The Balaban J connectivity index is 1.92. The SMILES string of the molecule is CC(C)=C(C#N)N(C)C12CC3CC(CC(C3)C1)C2. The van der Waals surface area contributed by atoms with Gasteiger partial charge in [0, 0.05) is 12.6 Å². The van der Waals surface area contributed by atoms with Crippen molar-refractivity contribution in [3.63, 3.8) is 0 Å². The van der Waals surface area contributed by atoms with E-state index in [0.717, 1.165) is 29.0 Å². The lowest BCUT2D eigenvalue weighted by molar-refractivity contribution is -0.0653. The van der Waals surface area contributed by atoms with Crippen molar-refractivity contribution in [1.82, 2.24) is 4.90 Å². The maximum atomic E-state index is 9.42. The summed E-state index contributed by atoms with van der Waals surface area (Å²) in [6, 6.07) is 2.43. The highest BCUT2D eigenvalue weighted by atomic mass is 15.2. The van der Waals surface area contributed by atoms with E-state index in [-0.39, 0.29) is 0 Å². The van der Waals surface area contributed by atoms with Crippen LogP contribution in [-0.2, 0) is 0 Å². The molecule has 2 heteroatoms. The van der Waals surface area contributed by atoms with Crippen molar-refractivity contribution >= 4 is 0 Å². The second kappa shape index (κ2) is 4.02. The van der Waals surface area contributed by atoms with E-state index in [4.69, 9.17) is 0 Å². The second-order valence-corrected chi connectivity index (χ2v) is 7.16. The molecule has 0 atom stereocenters. The van der Waals surface area contributed by atoms with Gasteiger partial charge in [0.25, 0.3) is 0 Å². The van der Waals surface area contributed by atoms with Gasteiger partial charge in [-0.2, -0.15) is 5.26 Å². The summed E-state index contributed by atoms with van der Waals surface area (Å²) in [5, 5.41) is 9.42. The average molecular weight is 244 g/mol. The van der Waals surface area contributed by atoms with E-state index in [9.17, 15) is 5.26 Å². The molecule has 4 rings (SSSR count). The van der Waals surface area contributed by atoms with Crippen LogP contribution in [0.15, 0.2) is 11.3 Å². The highest BCUT2D eigenvalue weighted by Gasteiger charge is 2.53. The molecule has 0 saturated heterocycles. The highest BCUT2D eigenvalue weighted by Crippen LogP contribution is 2.58. The van der Waals surface area contributed by atoms with Gasteiger partial charge in [-0.3, -0.25) is 0 Å². The van der Waals surface area contributed by atoms with Crippen LogP contribution in [0.5, 0.6) is 0 Å². The maximum absolute atomic E-state index is 9.42. The van der Waals surface area contributed by atoms with Crippen molar-refractivity contribution in [3.05, 3.63) is 11.3 Å². The fourth-order valence-corrected chi connectivity index (χ4v) is 5.24. The van der Waals surface area contributed by atoms with Crippen LogP contribution in [0.2, 0.25) is 0 Å². The summed E-state index contributed by atoms with van der Waals surface area (Å²) in [4.78, 5) is 2.35. The van der Waals surface area contributed by atoms with E-state index < -0.39 is 0 Å². The first-order chi connectivity index (χ1) is 8.54. The van der Waals surface area contributed by atoms with Gasteiger partial charge in [0.2, 0.25) is 0 Å². The molecule has 0 unspecified atom stereocenters. The lowest BCUT2D eigenvalue weighted by Gasteiger charge is -2.60. The number of nitrogens with zero attached hydrogens (tertiary/aromatic N) is 2. The van der Waals surface area contributed by atoms with Crippen molar-refractivity contribution < 1.29 is 0 Å². The maximum Gasteiger partial charge on any atom is 0.117 e. The van der Waals surface area contributed by atoms with Gasteiger partial charge in [-0.25, -0.2) is 0 Å². The van der Waals surface area contributed by atoms with Crippen LogP contribution in [0.4, 0.5) is 0 Å². The predicted octanol–water partition coefficient (Wildman–Crippen LogP) is 3.70. The summed E-state index contributed by atoms with van der Waals surface area (Å²) < 4.78 is 0. The Hall–Kier alpha value is -0.970. The van der Waals surface area contributed by atoms with Gasteiger partial charge < -0.3 is 4.90 Å². The minimum absolute atomic E-state index is 0.317. The molecule has 4 aliphatic rings. The molecule has 0 spiro atoms. The van der Waals surface area contributed by atoms with Gasteiger partial charge in [-0.05, 0) is 75.7 Å². The molecule has 0 amide bonds. The van der Waals surface area contributed by atoms with E-state index in [1.807, 2.05) is 0 Å². The van der Waals surface area contributed by atoms with E-state index in [1.165, 1.54) is 38.5 Å². The number of nitriles is 1. The van der Waals surface area contributed by atoms with E-state index in [2.05, 4.69) is 31.9 Å². The summed E-state index contributed by atoms with van der Waals surface area (Å²) >= 11 is 0. The number of rotatable bonds is 2. The molecule has 0 heterocycles. The predicted molar refractivity (Wildman–Crippen MR) is 72.7 cm³/mol. The van der Waals surface area contributed by atoms with E-state index in [0.29, 0.717) is 5.54 Å². The largest absolute Gasteiger partial charge is 0.360 e. The molecular weight excluding hydrogens is 220 g/mol. The molecule has 0 aromatic heterocycles. The lowest BCUT2D eigenvalue weighted by atomic mass is 9.52. The Bertz CT molecular complexity index is 388. The summed E-state index contributed by atoms with van der Waals surface area (Å²) in [5.74, 6) is 2.82. The smallest absolute Gasteiger partial charge is 0.117 e. The Labute approximate surface area is 111 Å². The lowest BCUT2D eigenvalue weighted by Crippen LogP contribution is -2.58. The monoisotopic (exact) mass is 244 g/mol. The Kier molecular flexibility index (Phi) is 2.70. The minimum atomic E-state index is 0.317. The van der Waals surface area contributed by atoms with E-state index in [1.54, 1.807) is 0 Å². The molecule has 4 aliphatic carbocycles. The third-order valence-electron chi connectivity index (χ3n) is 5.63. The normalized spacial score (nSPS) is 40.4. The summed E-state index contributed by atoms with van der Waals surface area (Å²) in [6.07, 6.45) is 8.37. The third kappa shape index (κ3) is 1.67. The second-order valence-electron chi connectivity index (χ2n) is 7.16. The Morgan fingerprint density at radius 2 is 1.50 bits per heavy atom. The van der Waals surface area contributed by atoms with Crippen molar-refractivity contribution in [2.75, 3.05) is 7.05 Å². The fourth-order valence-electron chi connectivity index (χ4n) is 5.24. The summed E-state index contributed by atoms with van der Waals surface area (Å²) in [6.45, 7) is 4.13. The topological polar surface area (TPSA) is 27.0 Å². The first-order valence-electron chi connectivity index (χ1n) is 7.35. The first kappa shape index (κ1) is 12.1. The van der Waals surface area contributed by atoms with Crippen LogP contribution in [0.25, 0.3) is 0 Å². The van der Waals surface area contributed by atoms with Gasteiger partial charge in [0.1, 0.15) is 11.8 Å². The summed E-state index contributed by atoms with van der Waals surface area (Å²) in [5.41, 5.74) is 2.39. The van der Waals surface area contributed by atoms with Crippen molar-refractivity contribution in [2.45, 2.75) is 57.9 Å². The van der Waals surface area contributed by atoms with Gasteiger partial charge in [0.05, 0.1) is 0 Å².